The average molecular weight is 604 g/mol. The van der Waals surface area contributed by atoms with E-state index in [9.17, 15) is 18.8 Å². The molecule has 1 N–H and O–H groups in total. The molecule has 37 heavy (non-hydrogen) atoms. The van der Waals surface area contributed by atoms with Gasteiger partial charge >= 0.3 is 0 Å². The third kappa shape index (κ3) is 6.60. The molecule has 10 heteroatoms. The maximum Gasteiger partial charge on any atom is 0.293 e. The fourth-order valence-electron chi connectivity index (χ4n) is 3.48. The second kappa shape index (κ2) is 11.5. The van der Waals surface area contributed by atoms with Gasteiger partial charge in [0, 0.05) is 9.50 Å². The molecule has 0 unspecified atom stereocenters. The Morgan fingerprint density at radius 3 is 2.51 bits per heavy atom. The average Bonchev–Trinajstić information content (AvgIpc) is 3.11. The Kier molecular flexibility index (Phi) is 8.36. The van der Waals surface area contributed by atoms with Crippen LogP contribution in [-0.2, 0) is 16.1 Å². The first-order chi connectivity index (χ1) is 17.6. The zero-order valence-corrected chi connectivity index (χ0v) is 23.0. The summed E-state index contributed by atoms with van der Waals surface area (Å²) >= 11 is 10.3. The summed E-state index contributed by atoms with van der Waals surface area (Å²) in [5.41, 5.74) is 4.00. The van der Waals surface area contributed by atoms with E-state index in [1.54, 1.807) is 30.3 Å². The van der Waals surface area contributed by atoms with Crippen molar-refractivity contribution in [1.29, 1.82) is 0 Å². The number of halogens is 3. The van der Waals surface area contributed by atoms with Crippen LogP contribution in [0.2, 0.25) is 5.02 Å². The number of ether oxygens (including phenoxy) is 1. The van der Waals surface area contributed by atoms with Crippen molar-refractivity contribution >= 4 is 68.1 Å². The predicted octanol–water partition coefficient (Wildman–Crippen LogP) is 7.11. The van der Waals surface area contributed by atoms with Crippen molar-refractivity contribution in [3.63, 3.8) is 0 Å². The SMILES string of the molecule is Cc1cc(Br)c(NC(=O)COc2ccc(/C=C3\SC(=O)N(Cc4ccc(F)cc4Cl)C3=O)cc2)cc1C. The van der Waals surface area contributed by atoms with Crippen LogP contribution < -0.4 is 10.1 Å². The molecule has 0 bridgehead atoms. The molecule has 0 saturated carbocycles. The zero-order chi connectivity index (χ0) is 26.7. The topological polar surface area (TPSA) is 75.7 Å². The molecule has 1 saturated heterocycles. The van der Waals surface area contributed by atoms with Gasteiger partial charge in [0.25, 0.3) is 17.1 Å². The van der Waals surface area contributed by atoms with Crippen LogP contribution in [-0.4, -0.2) is 28.6 Å². The van der Waals surface area contributed by atoms with Crippen molar-refractivity contribution in [3.8, 4) is 5.75 Å². The first kappa shape index (κ1) is 26.9. The second-order valence-electron chi connectivity index (χ2n) is 8.33. The van der Waals surface area contributed by atoms with E-state index in [4.69, 9.17) is 16.3 Å². The molecule has 3 amide bonds. The van der Waals surface area contributed by atoms with Gasteiger partial charge in [-0.05, 0) is 106 Å². The number of aryl methyl sites for hydroxylation is 2. The number of carbonyl (C=O) groups excluding carboxylic acids is 3. The fraction of sp³-hybridized carbons (Fsp3) is 0.148. The van der Waals surface area contributed by atoms with Gasteiger partial charge in [0.1, 0.15) is 11.6 Å². The van der Waals surface area contributed by atoms with Crippen LogP contribution in [0, 0.1) is 19.7 Å². The number of anilines is 1. The van der Waals surface area contributed by atoms with Crippen molar-refractivity contribution in [1.82, 2.24) is 4.90 Å². The van der Waals surface area contributed by atoms with Crippen LogP contribution in [0.15, 0.2) is 64.0 Å². The highest BCUT2D eigenvalue weighted by Gasteiger charge is 2.35. The summed E-state index contributed by atoms with van der Waals surface area (Å²) in [6.07, 6.45) is 1.60. The highest BCUT2D eigenvalue weighted by Crippen LogP contribution is 2.34. The third-order valence-electron chi connectivity index (χ3n) is 5.62. The lowest BCUT2D eigenvalue weighted by atomic mass is 10.1. The molecular formula is C27H21BrClFN2O4S. The molecule has 0 atom stereocenters. The fourth-order valence-corrected chi connectivity index (χ4v) is 5.10. The van der Waals surface area contributed by atoms with E-state index in [1.807, 2.05) is 26.0 Å². The highest BCUT2D eigenvalue weighted by molar-refractivity contribution is 9.10. The molecule has 0 spiro atoms. The summed E-state index contributed by atoms with van der Waals surface area (Å²) < 4.78 is 19.7. The standard InChI is InChI=1S/C27H21BrClFN2O4S/c1-15-9-21(28)23(10-16(15)2)31-25(33)14-36-20-7-3-17(4-8-20)11-24-26(34)32(27(35)37-24)13-18-5-6-19(30)12-22(18)29/h3-12H,13-14H2,1-2H3,(H,31,33)/b24-11-. The number of nitrogens with zero attached hydrogens (tertiary/aromatic N) is 1. The molecule has 3 aromatic rings. The summed E-state index contributed by atoms with van der Waals surface area (Å²) in [6.45, 7) is 3.74. The van der Waals surface area contributed by atoms with Gasteiger partial charge in [0.05, 0.1) is 17.1 Å². The molecule has 0 radical (unpaired) electrons. The Balaban J connectivity index is 1.35. The lowest BCUT2D eigenvalue weighted by Crippen LogP contribution is -2.27. The third-order valence-corrected chi connectivity index (χ3v) is 7.54. The number of thioether (sulfide) groups is 1. The number of rotatable bonds is 7. The Bertz CT molecular complexity index is 1430. The maximum atomic E-state index is 13.3. The second-order valence-corrected chi connectivity index (χ2v) is 10.6. The van der Waals surface area contributed by atoms with Gasteiger partial charge in [0.15, 0.2) is 6.61 Å². The number of hydrogen-bond acceptors (Lipinski definition) is 5. The van der Waals surface area contributed by atoms with Crippen LogP contribution >= 0.6 is 39.3 Å². The molecule has 190 valence electrons. The smallest absolute Gasteiger partial charge is 0.293 e. The number of benzene rings is 3. The quantitative estimate of drug-likeness (QED) is 0.291. The molecular weight excluding hydrogens is 583 g/mol. The van der Waals surface area contributed by atoms with Crippen LogP contribution in [0.4, 0.5) is 14.9 Å². The monoisotopic (exact) mass is 602 g/mol. The van der Waals surface area contributed by atoms with E-state index >= 15 is 0 Å². The van der Waals surface area contributed by atoms with Gasteiger partial charge in [-0.3, -0.25) is 19.3 Å². The molecule has 1 heterocycles. The van der Waals surface area contributed by atoms with Crippen LogP contribution in [0.25, 0.3) is 6.08 Å². The molecule has 0 aliphatic carbocycles. The van der Waals surface area contributed by atoms with Crippen molar-refractivity contribution in [2.75, 3.05) is 11.9 Å². The Hall–Kier alpha value is -3.14. The zero-order valence-electron chi connectivity index (χ0n) is 19.8. The molecule has 0 aromatic heterocycles. The van der Waals surface area contributed by atoms with E-state index < -0.39 is 17.0 Å². The first-order valence-electron chi connectivity index (χ1n) is 11.1. The number of hydrogen-bond donors (Lipinski definition) is 1. The molecule has 1 fully saturated rings. The molecule has 1 aliphatic heterocycles. The summed E-state index contributed by atoms with van der Waals surface area (Å²) in [4.78, 5) is 38.9. The van der Waals surface area contributed by atoms with E-state index in [2.05, 4.69) is 21.2 Å². The predicted molar refractivity (Wildman–Crippen MR) is 147 cm³/mol. The Labute approximate surface area is 231 Å². The minimum atomic E-state index is -0.495. The molecule has 1 aliphatic rings. The molecule has 3 aromatic carbocycles. The molecule has 4 rings (SSSR count). The van der Waals surface area contributed by atoms with Gasteiger partial charge in [-0.25, -0.2) is 4.39 Å². The van der Waals surface area contributed by atoms with Crippen LogP contribution in [0.1, 0.15) is 22.3 Å². The van der Waals surface area contributed by atoms with Gasteiger partial charge in [-0.2, -0.15) is 0 Å². The van der Waals surface area contributed by atoms with E-state index in [0.29, 0.717) is 22.6 Å². The van der Waals surface area contributed by atoms with Gasteiger partial charge < -0.3 is 10.1 Å². The molecule has 6 nitrogen and oxygen atoms in total. The van der Waals surface area contributed by atoms with Crippen molar-refractivity contribution < 1.29 is 23.5 Å². The number of amides is 3. The van der Waals surface area contributed by atoms with Gasteiger partial charge in [0.2, 0.25) is 0 Å². The van der Waals surface area contributed by atoms with Gasteiger partial charge in [-0.1, -0.05) is 29.8 Å². The minimum Gasteiger partial charge on any atom is -0.484 e. The lowest BCUT2D eigenvalue weighted by molar-refractivity contribution is -0.123. The first-order valence-corrected chi connectivity index (χ1v) is 13.1. The van der Waals surface area contributed by atoms with Crippen LogP contribution in [0.3, 0.4) is 0 Å². The van der Waals surface area contributed by atoms with E-state index in [-0.39, 0.29) is 29.0 Å². The maximum absolute atomic E-state index is 13.3. The number of imide groups is 1. The normalized spacial score (nSPS) is 14.4. The van der Waals surface area contributed by atoms with Crippen molar-refractivity contribution in [3.05, 3.63) is 97.1 Å². The summed E-state index contributed by atoms with van der Waals surface area (Å²) in [6, 6.07) is 14.4. The van der Waals surface area contributed by atoms with E-state index in [1.165, 1.54) is 12.1 Å². The Morgan fingerprint density at radius 1 is 1.11 bits per heavy atom. The number of nitrogens with one attached hydrogen (secondary N) is 1. The summed E-state index contributed by atoms with van der Waals surface area (Å²) in [5, 5.41) is 2.54. The van der Waals surface area contributed by atoms with Gasteiger partial charge in [-0.15, -0.1) is 0 Å². The van der Waals surface area contributed by atoms with Crippen molar-refractivity contribution in [2.24, 2.45) is 0 Å². The van der Waals surface area contributed by atoms with E-state index in [0.717, 1.165) is 38.3 Å². The number of carbonyl (C=O) groups is 3. The summed E-state index contributed by atoms with van der Waals surface area (Å²) in [7, 11) is 0. The highest BCUT2D eigenvalue weighted by atomic mass is 79.9. The minimum absolute atomic E-state index is 0.0469. The van der Waals surface area contributed by atoms with Crippen molar-refractivity contribution in [2.45, 2.75) is 20.4 Å². The lowest BCUT2D eigenvalue weighted by Gasteiger charge is -2.13. The van der Waals surface area contributed by atoms with Crippen LogP contribution in [0.5, 0.6) is 5.75 Å². The largest absolute Gasteiger partial charge is 0.484 e. The Morgan fingerprint density at radius 2 is 1.81 bits per heavy atom. The summed E-state index contributed by atoms with van der Waals surface area (Å²) in [5.74, 6) is -0.774.